The van der Waals surface area contributed by atoms with Crippen LogP contribution in [0.5, 0.6) is 0 Å². The molecule has 3 aromatic heterocycles. The lowest BCUT2D eigenvalue weighted by molar-refractivity contribution is -0.138. The second-order valence-electron chi connectivity index (χ2n) is 10.3. The molecule has 2 amide bonds. The Bertz CT molecular complexity index is 1650. The zero-order valence-corrected chi connectivity index (χ0v) is 23.4. The fourth-order valence-corrected chi connectivity index (χ4v) is 5.77. The summed E-state index contributed by atoms with van der Waals surface area (Å²) in [7, 11) is 0. The highest BCUT2D eigenvalue weighted by Crippen LogP contribution is 2.50. The Hall–Kier alpha value is -4.03. The molecular formula is C28H26BrN7O4. The van der Waals surface area contributed by atoms with Crippen molar-refractivity contribution in [2.24, 2.45) is 11.8 Å². The maximum absolute atomic E-state index is 13.6. The largest absolute Gasteiger partial charge is 0.387 e. The average Bonchev–Trinajstić information content (AvgIpc) is 3.45. The predicted octanol–water partition coefficient (Wildman–Crippen LogP) is 3.31. The zero-order valence-electron chi connectivity index (χ0n) is 21.8. The standard InChI is InChI=1S/C28H26BrN7O4/c1-14-3-6-22(29)32-27(14)33-28(40)26-19-8-17(19)11-35(26)24(39)12-36-21-5-4-16(7-20(21)25(34-36)15(2)38)18-9-30-23(13-37)31-10-18/h3-7,9-10,13,15,17,19,26,38H,8,11-12H2,1-2H3,(H,32,33,40)/t15?,17-,19-,26+/m1/s1. The number of pyridine rings is 1. The van der Waals surface area contributed by atoms with Crippen LogP contribution in [-0.2, 0) is 16.1 Å². The summed E-state index contributed by atoms with van der Waals surface area (Å²) in [6, 6.07) is 8.65. The van der Waals surface area contributed by atoms with Crippen molar-refractivity contribution in [2.45, 2.75) is 39.0 Å². The molecule has 6 rings (SSSR count). The first-order valence-electron chi connectivity index (χ1n) is 12.9. The van der Waals surface area contributed by atoms with E-state index in [9.17, 15) is 19.5 Å². The molecular weight excluding hydrogens is 578 g/mol. The first-order valence-corrected chi connectivity index (χ1v) is 13.7. The van der Waals surface area contributed by atoms with Gasteiger partial charge < -0.3 is 15.3 Å². The summed E-state index contributed by atoms with van der Waals surface area (Å²) in [5, 5.41) is 18.6. The third-order valence-corrected chi connectivity index (χ3v) is 8.06. The van der Waals surface area contributed by atoms with Crippen LogP contribution < -0.4 is 5.32 Å². The fraction of sp³-hybridized carbons (Fsp3) is 0.321. The third-order valence-electron chi connectivity index (χ3n) is 7.61. The molecule has 2 N–H and O–H groups in total. The summed E-state index contributed by atoms with van der Waals surface area (Å²) in [6.07, 6.45) is 3.74. The Balaban J connectivity index is 1.26. The van der Waals surface area contributed by atoms with E-state index in [-0.39, 0.29) is 30.1 Å². The Morgan fingerprint density at radius 2 is 1.98 bits per heavy atom. The van der Waals surface area contributed by atoms with Crippen molar-refractivity contribution in [2.75, 3.05) is 11.9 Å². The molecule has 0 bridgehead atoms. The summed E-state index contributed by atoms with van der Waals surface area (Å²) in [6.45, 7) is 3.94. The number of rotatable bonds is 7. The van der Waals surface area contributed by atoms with E-state index in [1.54, 1.807) is 28.9 Å². The fourth-order valence-electron chi connectivity index (χ4n) is 5.46. The predicted molar refractivity (Wildman–Crippen MR) is 149 cm³/mol. The number of amides is 2. The molecule has 1 aromatic carbocycles. The van der Waals surface area contributed by atoms with Gasteiger partial charge in [-0.25, -0.2) is 15.0 Å². The van der Waals surface area contributed by atoms with E-state index in [2.05, 4.69) is 41.3 Å². The van der Waals surface area contributed by atoms with Crippen LogP contribution in [0, 0.1) is 18.8 Å². The van der Waals surface area contributed by atoms with Gasteiger partial charge in [-0.2, -0.15) is 5.10 Å². The van der Waals surface area contributed by atoms with Crippen molar-refractivity contribution >= 4 is 50.8 Å². The van der Waals surface area contributed by atoms with Crippen LogP contribution in [0.1, 0.15) is 41.3 Å². The molecule has 0 radical (unpaired) electrons. The van der Waals surface area contributed by atoms with Crippen LogP contribution in [0.4, 0.5) is 5.82 Å². The second-order valence-corrected chi connectivity index (χ2v) is 11.2. The highest BCUT2D eigenvalue weighted by molar-refractivity contribution is 9.10. The number of aldehydes is 1. The number of carbonyl (C=O) groups is 3. The number of aliphatic hydroxyl groups is 1. The third kappa shape index (κ3) is 4.77. The van der Waals surface area contributed by atoms with Gasteiger partial charge in [-0.1, -0.05) is 12.1 Å². The molecule has 40 heavy (non-hydrogen) atoms. The first-order chi connectivity index (χ1) is 19.2. The van der Waals surface area contributed by atoms with Gasteiger partial charge in [-0.3, -0.25) is 19.1 Å². The molecule has 12 heteroatoms. The number of likely N-dealkylation sites (tertiary alicyclic amines) is 1. The summed E-state index contributed by atoms with van der Waals surface area (Å²) in [5.41, 5.74) is 3.43. The summed E-state index contributed by atoms with van der Waals surface area (Å²) in [4.78, 5) is 51.9. The Morgan fingerprint density at radius 3 is 2.70 bits per heavy atom. The minimum atomic E-state index is -0.873. The van der Waals surface area contributed by atoms with Gasteiger partial charge in [0.1, 0.15) is 23.0 Å². The number of piperidine rings is 1. The number of carbonyl (C=O) groups excluding carboxylic acids is 3. The molecule has 1 unspecified atom stereocenters. The summed E-state index contributed by atoms with van der Waals surface area (Å²) >= 11 is 3.34. The monoisotopic (exact) mass is 603 g/mol. The number of hydrogen-bond acceptors (Lipinski definition) is 8. The van der Waals surface area contributed by atoms with Crippen molar-refractivity contribution in [1.29, 1.82) is 0 Å². The van der Waals surface area contributed by atoms with Crippen molar-refractivity contribution in [1.82, 2.24) is 29.6 Å². The van der Waals surface area contributed by atoms with Gasteiger partial charge in [0.25, 0.3) is 0 Å². The molecule has 11 nitrogen and oxygen atoms in total. The van der Waals surface area contributed by atoms with E-state index in [1.165, 1.54) is 0 Å². The molecule has 4 heterocycles. The summed E-state index contributed by atoms with van der Waals surface area (Å²) < 4.78 is 2.19. The smallest absolute Gasteiger partial charge is 0.248 e. The molecule has 204 valence electrons. The Kier molecular flexibility index (Phi) is 6.67. The number of benzene rings is 1. The highest BCUT2D eigenvalue weighted by atomic mass is 79.9. The van der Waals surface area contributed by atoms with Gasteiger partial charge >= 0.3 is 0 Å². The maximum Gasteiger partial charge on any atom is 0.248 e. The van der Waals surface area contributed by atoms with Gasteiger partial charge in [0.2, 0.25) is 11.8 Å². The summed E-state index contributed by atoms with van der Waals surface area (Å²) in [5.74, 6) is 0.556. The van der Waals surface area contributed by atoms with Crippen LogP contribution >= 0.6 is 15.9 Å². The lowest BCUT2D eigenvalue weighted by Gasteiger charge is -2.27. The van der Waals surface area contributed by atoms with Crippen molar-refractivity contribution in [3.05, 3.63) is 64.4 Å². The lowest BCUT2D eigenvalue weighted by atomic mass is 10.0. The van der Waals surface area contributed by atoms with Gasteiger partial charge in [0.05, 0.1) is 17.3 Å². The number of fused-ring (bicyclic) bond motifs is 2. The van der Waals surface area contributed by atoms with Crippen molar-refractivity contribution in [3.63, 3.8) is 0 Å². The van der Waals surface area contributed by atoms with Crippen LogP contribution in [0.3, 0.4) is 0 Å². The molecule has 4 atom stereocenters. The second kappa shape index (κ2) is 10.2. The molecule has 1 saturated heterocycles. The van der Waals surface area contributed by atoms with Gasteiger partial charge in [-0.15, -0.1) is 0 Å². The Morgan fingerprint density at radius 1 is 1.20 bits per heavy atom. The zero-order chi connectivity index (χ0) is 28.1. The number of hydrogen-bond donors (Lipinski definition) is 2. The SMILES string of the molecule is Cc1ccc(Br)nc1NC(=O)[C@@H]1[C@@H]2C[C@@H]2CN1C(=O)Cn1nc(C(C)O)c2cc(-c3cnc(C=O)nc3)ccc21. The molecule has 0 spiro atoms. The van der Waals surface area contributed by atoms with Crippen LogP contribution in [0.25, 0.3) is 22.0 Å². The number of nitrogens with zero attached hydrogens (tertiary/aromatic N) is 6. The van der Waals surface area contributed by atoms with Gasteiger partial charge in [0, 0.05) is 29.9 Å². The van der Waals surface area contributed by atoms with E-state index in [4.69, 9.17) is 0 Å². The van der Waals surface area contributed by atoms with E-state index in [1.807, 2.05) is 37.3 Å². The highest BCUT2D eigenvalue weighted by Gasteiger charge is 2.56. The number of anilines is 1. The quantitative estimate of drug-likeness (QED) is 0.242. The molecule has 4 aromatic rings. The van der Waals surface area contributed by atoms with Crippen molar-refractivity contribution in [3.8, 4) is 11.1 Å². The Labute approximate surface area is 237 Å². The van der Waals surface area contributed by atoms with E-state index in [0.29, 0.717) is 51.3 Å². The van der Waals surface area contributed by atoms with Crippen LogP contribution in [-0.4, -0.2) is 65.4 Å². The molecule has 2 aliphatic rings. The minimum absolute atomic E-state index is 0.0723. The van der Waals surface area contributed by atoms with E-state index < -0.39 is 12.1 Å². The van der Waals surface area contributed by atoms with Crippen LogP contribution in [0.2, 0.25) is 0 Å². The average molecular weight is 604 g/mol. The van der Waals surface area contributed by atoms with Crippen molar-refractivity contribution < 1.29 is 19.5 Å². The lowest BCUT2D eigenvalue weighted by Crippen LogP contribution is -2.47. The number of nitrogens with one attached hydrogen (secondary N) is 1. The topological polar surface area (TPSA) is 143 Å². The molecule has 1 saturated carbocycles. The van der Waals surface area contributed by atoms with E-state index in [0.717, 1.165) is 17.5 Å². The minimum Gasteiger partial charge on any atom is -0.387 e. The normalized spacial score (nSPS) is 20.3. The molecule has 1 aliphatic carbocycles. The number of aliphatic hydroxyl groups excluding tert-OH is 1. The number of aryl methyl sites for hydroxylation is 1. The number of aromatic nitrogens is 5. The van der Waals surface area contributed by atoms with Crippen LogP contribution in [0.15, 0.2) is 47.3 Å². The van der Waals surface area contributed by atoms with Gasteiger partial charge in [-0.05, 0) is 77.4 Å². The van der Waals surface area contributed by atoms with Gasteiger partial charge in [0.15, 0.2) is 12.1 Å². The maximum atomic E-state index is 13.6. The number of halogens is 1. The molecule has 1 aliphatic heterocycles. The van der Waals surface area contributed by atoms with E-state index >= 15 is 0 Å². The molecule has 2 fully saturated rings. The first kappa shape index (κ1) is 26.2.